The second-order valence-electron chi connectivity index (χ2n) is 4.78. The van der Waals surface area contributed by atoms with Gasteiger partial charge in [0.15, 0.2) is 0 Å². The van der Waals surface area contributed by atoms with E-state index in [1.807, 2.05) is 0 Å². The zero-order chi connectivity index (χ0) is 12.8. The van der Waals surface area contributed by atoms with Crippen molar-refractivity contribution in [2.75, 3.05) is 0 Å². The molecule has 0 saturated heterocycles. The van der Waals surface area contributed by atoms with Crippen LogP contribution in [0, 0.1) is 0 Å². The first-order chi connectivity index (χ1) is 7.79. The largest absolute Gasteiger partial charge is 0.456 e. The lowest BCUT2D eigenvalue weighted by Gasteiger charge is -2.19. The predicted molar refractivity (Wildman–Crippen MR) is 61.1 cm³/mol. The zero-order valence-electron chi connectivity index (χ0n) is 9.87. The fraction of sp³-hybridized carbons (Fsp3) is 0.333. The molecule has 0 unspecified atom stereocenters. The van der Waals surface area contributed by atoms with Crippen LogP contribution in [0.15, 0.2) is 16.5 Å². The fourth-order valence-electron chi connectivity index (χ4n) is 1.63. The van der Waals surface area contributed by atoms with Gasteiger partial charge >= 0.3 is 5.97 Å². The van der Waals surface area contributed by atoms with Crippen LogP contribution in [0.1, 0.15) is 41.5 Å². The van der Waals surface area contributed by atoms with Gasteiger partial charge in [-0.05, 0) is 32.9 Å². The Labute approximate surface area is 97.9 Å². The Balaban J connectivity index is 2.46. The predicted octanol–water partition coefficient (Wildman–Crippen LogP) is 1.92. The average Bonchev–Trinajstić information content (AvgIpc) is 2.72. The topological polar surface area (TPSA) is 82.5 Å². The summed E-state index contributed by atoms with van der Waals surface area (Å²) in [6, 6.07) is 3.21. The minimum atomic E-state index is -0.694. The van der Waals surface area contributed by atoms with E-state index in [-0.39, 0.29) is 11.1 Å². The van der Waals surface area contributed by atoms with E-state index in [4.69, 9.17) is 14.9 Å². The number of ether oxygens (including phenoxy) is 1. The van der Waals surface area contributed by atoms with Crippen LogP contribution >= 0.6 is 0 Å². The molecule has 17 heavy (non-hydrogen) atoms. The normalized spacial score (nSPS) is 11.9. The number of fused-ring (bicyclic) bond motifs is 2. The van der Waals surface area contributed by atoms with Gasteiger partial charge in [0.25, 0.3) is 5.91 Å². The third kappa shape index (κ3) is 1.95. The van der Waals surface area contributed by atoms with Gasteiger partial charge in [-0.25, -0.2) is 4.79 Å². The summed E-state index contributed by atoms with van der Waals surface area (Å²) >= 11 is 0. The molecule has 2 rings (SSSR count). The summed E-state index contributed by atoms with van der Waals surface area (Å²) in [5.74, 6) is -1.29. The third-order valence-corrected chi connectivity index (χ3v) is 2.20. The molecule has 1 amide bonds. The first-order valence-electron chi connectivity index (χ1n) is 5.17. The maximum Gasteiger partial charge on any atom is 0.343 e. The molecule has 0 fully saturated rings. The molecule has 2 aromatic rings. The number of hydrogen-bond acceptors (Lipinski definition) is 4. The maximum absolute atomic E-state index is 11.9. The van der Waals surface area contributed by atoms with Crippen molar-refractivity contribution in [3.8, 4) is 0 Å². The van der Waals surface area contributed by atoms with Crippen LogP contribution in [0.25, 0.3) is 11.2 Å². The Kier molecular flexibility index (Phi) is 2.34. The minimum Gasteiger partial charge on any atom is -0.456 e. The summed E-state index contributed by atoms with van der Waals surface area (Å²) in [4.78, 5) is 23.2. The Morgan fingerprint density at radius 2 is 1.71 bits per heavy atom. The maximum atomic E-state index is 11.9. The molecule has 2 aromatic heterocycles. The molecule has 0 spiro atoms. The molecule has 0 saturated carbocycles. The van der Waals surface area contributed by atoms with Crippen molar-refractivity contribution in [1.82, 2.24) is 0 Å². The van der Waals surface area contributed by atoms with Crippen LogP contribution in [-0.2, 0) is 4.74 Å². The number of primary amides is 1. The average molecular weight is 235 g/mol. The molecule has 0 aliphatic heterocycles. The summed E-state index contributed by atoms with van der Waals surface area (Å²) in [7, 11) is 0. The summed E-state index contributed by atoms with van der Waals surface area (Å²) in [5, 5.41) is 0. The number of amides is 1. The monoisotopic (exact) mass is 235 g/mol. The standard InChI is InChI=1S/C12H13NO4/c1-12(2,3)17-11(15)9-7-5-4-6(16-7)8(9)10(13)14/h4-5H,1-3H3,(H2,13,14). The van der Waals surface area contributed by atoms with Crippen LogP contribution in [0.3, 0.4) is 0 Å². The van der Waals surface area contributed by atoms with Gasteiger partial charge in [-0.15, -0.1) is 0 Å². The van der Waals surface area contributed by atoms with Crippen molar-refractivity contribution < 1.29 is 18.7 Å². The van der Waals surface area contributed by atoms with Crippen LogP contribution < -0.4 is 5.73 Å². The lowest BCUT2D eigenvalue weighted by Crippen LogP contribution is -2.25. The van der Waals surface area contributed by atoms with Crippen LogP contribution in [0.2, 0.25) is 0 Å². The van der Waals surface area contributed by atoms with E-state index in [1.54, 1.807) is 32.9 Å². The third-order valence-electron chi connectivity index (χ3n) is 2.20. The molecule has 0 aliphatic rings. The molecule has 5 heteroatoms. The van der Waals surface area contributed by atoms with E-state index in [0.717, 1.165) is 0 Å². The van der Waals surface area contributed by atoms with E-state index >= 15 is 0 Å². The summed E-state index contributed by atoms with van der Waals surface area (Å²) in [6.07, 6.45) is 0. The van der Waals surface area contributed by atoms with Gasteiger partial charge < -0.3 is 14.9 Å². The highest BCUT2D eigenvalue weighted by Gasteiger charge is 2.29. The van der Waals surface area contributed by atoms with Gasteiger partial charge in [0.1, 0.15) is 27.9 Å². The molecule has 2 heterocycles. The molecule has 0 radical (unpaired) electrons. The number of benzene rings is 1. The lowest BCUT2D eigenvalue weighted by molar-refractivity contribution is 0.00699. The molecule has 90 valence electrons. The second kappa shape index (κ2) is 3.48. The smallest absolute Gasteiger partial charge is 0.343 e. The Morgan fingerprint density at radius 1 is 1.18 bits per heavy atom. The van der Waals surface area contributed by atoms with Crippen LogP contribution in [0.5, 0.6) is 0 Å². The van der Waals surface area contributed by atoms with Gasteiger partial charge in [0, 0.05) is 0 Å². The van der Waals surface area contributed by atoms with Crippen LogP contribution in [-0.4, -0.2) is 17.5 Å². The number of furan rings is 2. The Bertz CT molecular complexity index is 576. The van der Waals surface area contributed by atoms with Gasteiger partial charge in [-0.1, -0.05) is 0 Å². The van der Waals surface area contributed by atoms with E-state index < -0.39 is 17.5 Å². The highest BCUT2D eigenvalue weighted by atomic mass is 16.6. The molecular formula is C12H13NO4. The van der Waals surface area contributed by atoms with Crippen molar-refractivity contribution >= 4 is 23.0 Å². The molecule has 2 bridgehead atoms. The van der Waals surface area contributed by atoms with Crippen molar-refractivity contribution in [2.45, 2.75) is 26.4 Å². The van der Waals surface area contributed by atoms with E-state index in [9.17, 15) is 9.59 Å². The summed E-state index contributed by atoms with van der Waals surface area (Å²) in [5.41, 5.74) is 5.43. The van der Waals surface area contributed by atoms with Crippen molar-refractivity contribution in [3.05, 3.63) is 23.3 Å². The van der Waals surface area contributed by atoms with Crippen molar-refractivity contribution in [2.24, 2.45) is 5.73 Å². The first-order valence-corrected chi connectivity index (χ1v) is 5.17. The highest BCUT2D eigenvalue weighted by Crippen LogP contribution is 2.29. The highest BCUT2D eigenvalue weighted by molar-refractivity contribution is 6.14. The number of carbonyl (C=O) groups excluding carboxylic acids is 2. The SMILES string of the molecule is CC(C)(C)OC(=O)c1c(C(N)=O)c2ccc1o2. The first kappa shape index (κ1) is 11.4. The number of nitrogens with two attached hydrogens (primary N) is 1. The Hall–Kier alpha value is -2.04. The zero-order valence-corrected chi connectivity index (χ0v) is 9.87. The number of rotatable bonds is 2. The second-order valence-corrected chi connectivity index (χ2v) is 4.78. The fourth-order valence-corrected chi connectivity index (χ4v) is 1.63. The van der Waals surface area contributed by atoms with E-state index in [0.29, 0.717) is 11.2 Å². The molecule has 0 aromatic carbocycles. The molecule has 5 nitrogen and oxygen atoms in total. The van der Waals surface area contributed by atoms with Gasteiger partial charge in [0.2, 0.25) is 0 Å². The number of carbonyl (C=O) groups is 2. The molecular weight excluding hydrogens is 222 g/mol. The minimum absolute atomic E-state index is 0.0942. The van der Waals surface area contributed by atoms with Crippen molar-refractivity contribution in [1.29, 1.82) is 0 Å². The van der Waals surface area contributed by atoms with E-state index in [2.05, 4.69) is 0 Å². The van der Waals surface area contributed by atoms with Crippen LogP contribution in [0.4, 0.5) is 0 Å². The summed E-state index contributed by atoms with van der Waals surface area (Å²) in [6.45, 7) is 5.24. The van der Waals surface area contributed by atoms with E-state index in [1.165, 1.54) is 0 Å². The lowest BCUT2D eigenvalue weighted by atomic mass is 10.1. The summed E-state index contributed by atoms with van der Waals surface area (Å²) < 4.78 is 10.4. The van der Waals surface area contributed by atoms with Gasteiger partial charge in [-0.3, -0.25) is 4.79 Å². The number of hydrogen-bond donors (Lipinski definition) is 1. The quantitative estimate of drug-likeness (QED) is 0.806. The van der Waals surface area contributed by atoms with Crippen molar-refractivity contribution in [3.63, 3.8) is 0 Å². The van der Waals surface area contributed by atoms with Gasteiger partial charge in [0.05, 0.1) is 0 Å². The molecule has 0 aliphatic carbocycles. The number of esters is 1. The van der Waals surface area contributed by atoms with Gasteiger partial charge in [-0.2, -0.15) is 0 Å². The Morgan fingerprint density at radius 3 is 2.18 bits per heavy atom. The molecule has 2 N–H and O–H groups in total. The molecule has 0 atom stereocenters.